The molecule has 0 fully saturated rings. The van der Waals surface area contributed by atoms with Gasteiger partial charge in [-0.3, -0.25) is 9.69 Å². The van der Waals surface area contributed by atoms with E-state index in [1.165, 1.54) is 0 Å². The minimum absolute atomic E-state index is 0.172. The van der Waals surface area contributed by atoms with E-state index in [1.54, 1.807) is 0 Å². The molecule has 0 aliphatic heterocycles. The van der Waals surface area contributed by atoms with Crippen molar-refractivity contribution in [1.82, 2.24) is 4.90 Å². The minimum Gasteiger partial charge on any atom is -0.481 e. The van der Waals surface area contributed by atoms with Gasteiger partial charge in [0.05, 0.1) is 6.42 Å². The van der Waals surface area contributed by atoms with E-state index in [1.807, 2.05) is 24.3 Å². The number of carboxylic acids is 1. The van der Waals surface area contributed by atoms with E-state index in [2.05, 4.69) is 18.7 Å². The van der Waals surface area contributed by atoms with Crippen LogP contribution < -0.4 is 0 Å². The molecule has 0 radical (unpaired) electrons. The smallest absolute Gasteiger partial charge is 0.304 e. The molecular weight excluding hydrogens is 238 g/mol. The van der Waals surface area contributed by atoms with E-state index in [4.69, 9.17) is 16.7 Å². The van der Waals surface area contributed by atoms with Crippen molar-refractivity contribution in [3.05, 3.63) is 34.9 Å². The molecule has 0 aliphatic rings. The third kappa shape index (κ3) is 5.20. The highest BCUT2D eigenvalue weighted by Crippen LogP contribution is 2.13. The summed E-state index contributed by atoms with van der Waals surface area (Å²) >= 11 is 5.82. The maximum atomic E-state index is 10.6. The van der Waals surface area contributed by atoms with Crippen LogP contribution in [-0.2, 0) is 11.3 Å². The number of rotatable bonds is 6. The van der Waals surface area contributed by atoms with Gasteiger partial charge in [-0.15, -0.1) is 0 Å². The Morgan fingerprint density at radius 2 is 1.94 bits per heavy atom. The molecule has 0 aromatic heterocycles. The van der Waals surface area contributed by atoms with Crippen LogP contribution in [0.25, 0.3) is 0 Å². The molecule has 0 spiro atoms. The molecule has 94 valence electrons. The molecule has 0 saturated carbocycles. The van der Waals surface area contributed by atoms with Crippen molar-refractivity contribution in [1.29, 1.82) is 0 Å². The van der Waals surface area contributed by atoms with Gasteiger partial charge in [0.1, 0.15) is 0 Å². The molecule has 4 heteroatoms. The van der Waals surface area contributed by atoms with Crippen molar-refractivity contribution in [2.45, 2.75) is 32.9 Å². The van der Waals surface area contributed by atoms with Crippen LogP contribution in [0.5, 0.6) is 0 Å². The van der Waals surface area contributed by atoms with Crippen molar-refractivity contribution >= 4 is 17.6 Å². The summed E-state index contributed by atoms with van der Waals surface area (Å²) in [5.74, 6) is -0.758. The van der Waals surface area contributed by atoms with Gasteiger partial charge in [-0.2, -0.15) is 0 Å². The van der Waals surface area contributed by atoms with Crippen molar-refractivity contribution in [2.24, 2.45) is 0 Å². The molecule has 1 aromatic carbocycles. The first kappa shape index (κ1) is 14.0. The van der Waals surface area contributed by atoms with Crippen molar-refractivity contribution in [3.8, 4) is 0 Å². The van der Waals surface area contributed by atoms with E-state index >= 15 is 0 Å². The molecule has 17 heavy (non-hydrogen) atoms. The maximum absolute atomic E-state index is 10.6. The lowest BCUT2D eigenvalue weighted by Gasteiger charge is -2.25. The van der Waals surface area contributed by atoms with Gasteiger partial charge in [-0.1, -0.05) is 23.7 Å². The lowest BCUT2D eigenvalue weighted by molar-refractivity contribution is -0.137. The summed E-state index contributed by atoms with van der Waals surface area (Å²) in [5.41, 5.74) is 1.15. The lowest BCUT2D eigenvalue weighted by atomic mass is 10.2. The summed E-state index contributed by atoms with van der Waals surface area (Å²) in [5, 5.41) is 9.42. The summed E-state index contributed by atoms with van der Waals surface area (Å²) in [4.78, 5) is 12.7. The summed E-state index contributed by atoms with van der Waals surface area (Å²) in [6.07, 6.45) is 0.172. The molecular formula is C13H18ClNO2. The highest BCUT2D eigenvalue weighted by molar-refractivity contribution is 6.30. The number of halogens is 1. The summed E-state index contributed by atoms with van der Waals surface area (Å²) in [7, 11) is 0. The second-order valence-corrected chi connectivity index (χ2v) is 4.77. The van der Waals surface area contributed by atoms with Crippen LogP contribution in [0.1, 0.15) is 25.8 Å². The van der Waals surface area contributed by atoms with Crippen LogP contribution in [0, 0.1) is 0 Å². The van der Waals surface area contributed by atoms with E-state index < -0.39 is 5.97 Å². The largest absolute Gasteiger partial charge is 0.481 e. The predicted molar refractivity (Wildman–Crippen MR) is 69.3 cm³/mol. The Morgan fingerprint density at radius 1 is 1.35 bits per heavy atom. The third-order valence-corrected chi connectivity index (χ3v) is 2.89. The van der Waals surface area contributed by atoms with Gasteiger partial charge in [0.15, 0.2) is 0 Å². The molecule has 0 atom stereocenters. The first-order valence-corrected chi connectivity index (χ1v) is 6.07. The molecule has 0 bridgehead atoms. The molecule has 0 amide bonds. The second-order valence-electron chi connectivity index (χ2n) is 4.33. The van der Waals surface area contributed by atoms with Gasteiger partial charge in [0, 0.05) is 24.2 Å². The van der Waals surface area contributed by atoms with Gasteiger partial charge in [0.25, 0.3) is 0 Å². The predicted octanol–water partition coefficient (Wildman–Crippen LogP) is 3.03. The van der Waals surface area contributed by atoms with Crippen LogP contribution >= 0.6 is 11.6 Å². The number of carbonyl (C=O) groups is 1. The van der Waals surface area contributed by atoms with E-state index in [0.29, 0.717) is 12.6 Å². The van der Waals surface area contributed by atoms with Crippen LogP contribution in [-0.4, -0.2) is 28.6 Å². The Kier molecular flexibility index (Phi) is 5.45. The Bertz CT molecular complexity index is 362. The van der Waals surface area contributed by atoms with Gasteiger partial charge in [-0.25, -0.2) is 0 Å². The van der Waals surface area contributed by atoms with E-state index in [9.17, 15) is 4.79 Å². The quantitative estimate of drug-likeness (QED) is 0.850. The van der Waals surface area contributed by atoms with Crippen LogP contribution in [0.2, 0.25) is 5.02 Å². The standard InChI is InChI=1S/C13H18ClNO2/c1-10(2)15(8-7-13(16)17)9-11-3-5-12(14)6-4-11/h3-6,10H,7-9H2,1-2H3,(H,16,17). The Morgan fingerprint density at radius 3 is 2.41 bits per heavy atom. The van der Waals surface area contributed by atoms with Crippen molar-refractivity contribution in [3.63, 3.8) is 0 Å². The van der Waals surface area contributed by atoms with Crippen LogP contribution in [0.15, 0.2) is 24.3 Å². The molecule has 3 nitrogen and oxygen atoms in total. The first-order chi connectivity index (χ1) is 7.99. The summed E-state index contributed by atoms with van der Waals surface area (Å²) in [6.45, 7) is 5.45. The van der Waals surface area contributed by atoms with Gasteiger partial charge in [0.2, 0.25) is 0 Å². The van der Waals surface area contributed by atoms with Gasteiger partial charge < -0.3 is 5.11 Å². The number of hydrogen-bond donors (Lipinski definition) is 1. The second kappa shape index (κ2) is 6.62. The van der Waals surface area contributed by atoms with E-state index in [-0.39, 0.29) is 6.42 Å². The summed E-state index contributed by atoms with van der Waals surface area (Å²) < 4.78 is 0. The molecule has 0 saturated heterocycles. The molecule has 0 aliphatic carbocycles. The topological polar surface area (TPSA) is 40.5 Å². The fourth-order valence-corrected chi connectivity index (χ4v) is 1.71. The first-order valence-electron chi connectivity index (χ1n) is 5.69. The summed E-state index contributed by atoms with van der Waals surface area (Å²) in [6, 6.07) is 7.97. The zero-order valence-electron chi connectivity index (χ0n) is 10.2. The van der Waals surface area contributed by atoms with Crippen molar-refractivity contribution < 1.29 is 9.90 Å². The van der Waals surface area contributed by atoms with Crippen molar-refractivity contribution in [2.75, 3.05) is 6.54 Å². The zero-order chi connectivity index (χ0) is 12.8. The van der Waals surface area contributed by atoms with Crippen LogP contribution in [0.4, 0.5) is 0 Å². The highest BCUT2D eigenvalue weighted by Gasteiger charge is 2.11. The Balaban J connectivity index is 2.60. The van der Waals surface area contributed by atoms with Gasteiger partial charge >= 0.3 is 5.97 Å². The molecule has 1 N–H and O–H groups in total. The normalized spacial score (nSPS) is 11.1. The lowest BCUT2D eigenvalue weighted by Crippen LogP contribution is -2.32. The average Bonchev–Trinajstić information content (AvgIpc) is 2.26. The third-order valence-electron chi connectivity index (χ3n) is 2.64. The number of nitrogens with zero attached hydrogens (tertiary/aromatic N) is 1. The highest BCUT2D eigenvalue weighted by atomic mass is 35.5. The average molecular weight is 256 g/mol. The monoisotopic (exact) mass is 255 g/mol. The SMILES string of the molecule is CC(C)N(CCC(=O)O)Cc1ccc(Cl)cc1. The fraction of sp³-hybridized carbons (Fsp3) is 0.462. The fourth-order valence-electron chi connectivity index (χ4n) is 1.58. The molecule has 1 aromatic rings. The molecule has 1 rings (SSSR count). The Hall–Kier alpha value is -1.06. The number of aliphatic carboxylic acids is 1. The number of benzene rings is 1. The Labute approximate surface area is 107 Å². The van der Waals surface area contributed by atoms with Crippen LogP contribution in [0.3, 0.4) is 0 Å². The number of carboxylic acid groups (broad SMARTS) is 1. The maximum Gasteiger partial charge on any atom is 0.304 e. The zero-order valence-corrected chi connectivity index (χ0v) is 10.9. The number of hydrogen-bond acceptors (Lipinski definition) is 2. The van der Waals surface area contributed by atoms with Gasteiger partial charge in [-0.05, 0) is 31.5 Å². The molecule has 0 heterocycles. The van der Waals surface area contributed by atoms with E-state index in [0.717, 1.165) is 17.1 Å². The minimum atomic E-state index is -0.758. The molecule has 0 unspecified atom stereocenters.